The lowest BCUT2D eigenvalue weighted by Crippen LogP contribution is -2.42. The fourth-order valence-electron chi connectivity index (χ4n) is 3.57. The third-order valence-electron chi connectivity index (χ3n) is 5.71. The summed E-state index contributed by atoms with van der Waals surface area (Å²) in [5.41, 5.74) is 2.66. The fourth-order valence-corrected chi connectivity index (χ4v) is 3.57. The molecule has 1 saturated heterocycles. The molecule has 174 valence electrons. The molecule has 3 rings (SSSR count). The van der Waals surface area contributed by atoms with E-state index < -0.39 is 0 Å². The van der Waals surface area contributed by atoms with Gasteiger partial charge in [-0.25, -0.2) is 0 Å². The van der Waals surface area contributed by atoms with Crippen molar-refractivity contribution in [3.05, 3.63) is 41.0 Å². The van der Waals surface area contributed by atoms with E-state index in [2.05, 4.69) is 15.5 Å². The minimum atomic E-state index is -0.224. The summed E-state index contributed by atoms with van der Waals surface area (Å²) in [6.45, 7) is 11.1. The lowest BCUT2D eigenvalue weighted by atomic mass is 9.96. The van der Waals surface area contributed by atoms with Gasteiger partial charge in [-0.1, -0.05) is 38.1 Å². The molecule has 1 aromatic carbocycles. The Morgan fingerprint density at radius 3 is 2.69 bits per heavy atom. The van der Waals surface area contributed by atoms with E-state index in [4.69, 9.17) is 9.26 Å². The van der Waals surface area contributed by atoms with Crippen molar-refractivity contribution in [2.45, 2.75) is 71.8 Å². The van der Waals surface area contributed by atoms with Gasteiger partial charge in [0, 0.05) is 37.1 Å². The molecule has 0 saturated carbocycles. The number of aromatic nitrogens is 2. The van der Waals surface area contributed by atoms with Gasteiger partial charge in [0.15, 0.2) is 5.82 Å². The maximum Gasteiger partial charge on any atom is 0.244 e. The number of hydrogen-bond acceptors (Lipinski definition) is 6. The molecule has 32 heavy (non-hydrogen) atoms. The van der Waals surface area contributed by atoms with Crippen molar-refractivity contribution in [3.8, 4) is 0 Å². The van der Waals surface area contributed by atoms with Crippen LogP contribution >= 0.6 is 0 Å². The Labute approximate surface area is 189 Å². The average Bonchev–Trinajstić information content (AvgIpc) is 3.41. The largest absolute Gasteiger partial charge is 0.376 e. The number of nitrogens with one attached hydrogen (secondary N) is 1. The quantitative estimate of drug-likeness (QED) is 0.671. The van der Waals surface area contributed by atoms with E-state index in [1.54, 1.807) is 4.90 Å². The Morgan fingerprint density at radius 2 is 2.03 bits per heavy atom. The van der Waals surface area contributed by atoms with Gasteiger partial charge in [0.2, 0.25) is 17.7 Å². The number of anilines is 1. The van der Waals surface area contributed by atoms with E-state index in [0.29, 0.717) is 31.3 Å². The predicted octanol–water partition coefficient (Wildman–Crippen LogP) is 3.56. The molecule has 1 aliphatic rings. The number of nitrogens with zero attached hydrogens (tertiary/aromatic N) is 3. The van der Waals surface area contributed by atoms with E-state index in [1.165, 1.54) is 0 Å². The van der Waals surface area contributed by atoms with E-state index in [-0.39, 0.29) is 36.3 Å². The summed E-state index contributed by atoms with van der Waals surface area (Å²) in [5, 5.41) is 6.95. The second-order valence-corrected chi connectivity index (χ2v) is 9.47. The summed E-state index contributed by atoms with van der Waals surface area (Å²) in [6.07, 6.45) is 2.35. The summed E-state index contributed by atoms with van der Waals surface area (Å²) in [5.74, 6) is 0.689. The number of ether oxygens (including phenoxy) is 1. The molecule has 1 unspecified atom stereocenters. The summed E-state index contributed by atoms with van der Waals surface area (Å²) < 4.78 is 11.0. The lowest BCUT2D eigenvalue weighted by Gasteiger charge is -2.25. The molecule has 2 aromatic rings. The molecule has 2 heterocycles. The Morgan fingerprint density at radius 1 is 1.25 bits per heavy atom. The summed E-state index contributed by atoms with van der Waals surface area (Å²) in [7, 11) is 0. The van der Waals surface area contributed by atoms with Crippen LogP contribution in [0, 0.1) is 13.8 Å². The van der Waals surface area contributed by atoms with Crippen LogP contribution in [0.3, 0.4) is 0 Å². The summed E-state index contributed by atoms with van der Waals surface area (Å²) >= 11 is 0. The van der Waals surface area contributed by atoms with Crippen LogP contribution in [-0.4, -0.2) is 52.7 Å². The number of aryl methyl sites for hydroxylation is 2. The first kappa shape index (κ1) is 23.9. The first-order chi connectivity index (χ1) is 15.1. The van der Waals surface area contributed by atoms with Crippen molar-refractivity contribution >= 4 is 17.5 Å². The van der Waals surface area contributed by atoms with Crippen molar-refractivity contribution in [1.29, 1.82) is 0 Å². The molecule has 2 amide bonds. The monoisotopic (exact) mass is 442 g/mol. The fraction of sp³-hybridized carbons (Fsp3) is 0.583. The number of hydrogen-bond donors (Lipinski definition) is 1. The molecule has 0 bridgehead atoms. The summed E-state index contributed by atoms with van der Waals surface area (Å²) in [6, 6.07) is 5.78. The second-order valence-electron chi connectivity index (χ2n) is 9.47. The van der Waals surface area contributed by atoms with E-state index >= 15 is 0 Å². The SMILES string of the molecule is Cc1cccc(NC(=O)CN(CC2CCCO2)C(=O)CCc2nc(C(C)(C)C)no2)c1C. The number of carbonyl (C=O) groups excluding carboxylic acids is 2. The third-order valence-corrected chi connectivity index (χ3v) is 5.71. The molecule has 1 atom stereocenters. The maximum absolute atomic E-state index is 13.0. The van der Waals surface area contributed by atoms with Crippen LogP contribution in [-0.2, 0) is 26.2 Å². The van der Waals surface area contributed by atoms with Gasteiger partial charge >= 0.3 is 0 Å². The number of benzene rings is 1. The highest BCUT2D eigenvalue weighted by atomic mass is 16.5. The van der Waals surface area contributed by atoms with Gasteiger partial charge in [-0.15, -0.1) is 0 Å². The van der Waals surface area contributed by atoms with E-state index in [1.807, 2.05) is 52.8 Å². The molecule has 1 N–H and O–H groups in total. The molecule has 0 spiro atoms. The van der Waals surface area contributed by atoms with Gasteiger partial charge in [-0.2, -0.15) is 4.98 Å². The minimum absolute atomic E-state index is 0.0247. The van der Waals surface area contributed by atoms with E-state index in [9.17, 15) is 9.59 Å². The summed E-state index contributed by atoms with van der Waals surface area (Å²) in [4.78, 5) is 31.8. The standard InChI is InChI=1S/C24H34N4O4/c1-16-8-6-10-19(17(16)2)25-20(29)15-28(14-18-9-7-13-31-18)22(30)12-11-21-26-23(27-32-21)24(3,4)5/h6,8,10,18H,7,9,11-15H2,1-5H3,(H,25,29). The minimum Gasteiger partial charge on any atom is -0.376 e. The van der Waals surface area contributed by atoms with Crippen molar-refractivity contribution in [1.82, 2.24) is 15.0 Å². The highest BCUT2D eigenvalue weighted by Crippen LogP contribution is 2.20. The van der Waals surface area contributed by atoms with Crippen LogP contribution < -0.4 is 5.32 Å². The number of amides is 2. The predicted molar refractivity (Wildman–Crippen MR) is 121 cm³/mol. The lowest BCUT2D eigenvalue weighted by molar-refractivity contribution is -0.136. The topological polar surface area (TPSA) is 97.6 Å². The van der Waals surface area contributed by atoms with Crippen molar-refractivity contribution in [2.24, 2.45) is 0 Å². The Hall–Kier alpha value is -2.74. The van der Waals surface area contributed by atoms with Crippen LogP contribution in [0.5, 0.6) is 0 Å². The molecule has 1 fully saturated rings. The van der Waals surface area contributed by atoms with Gasteiger partial charge < -0.3 is 19.5 Å². The van der Waals surface area contributed by atoms with Crippen LogP contribution in [0.1, 0.15) is 62.9 Å². The Bertz CT molecular complexity index is 942. The van der Waals surface area contributed by atoms with Crippen LogP contribution in [0.4, 0.5) is 5.69 Å². The maximum atomic E-state index is 13.0. The number of rotatable bonds is 8. The van der Waals surface area contributed by atoms with Crippen LogP contribution in [0.25, 0.3) is 0 Å². The molecule has 1 aromatic heterocycles. The van der Waals surface area contributed by atoms with Crippen molar-refractivity contribution < 1.29 is 18.8 Å². The number of carbonyl (C=O) groups is 2. The molecule has 8 heteroatoms. The van der Waals surface area contributed by atoms with Gasteiger partial charge in [0.05, 0.1) is 12.6 Å². The van der Waals surface area contributed by atoms with Gasteiger partial charge in [-0.05, 0) is 43.9 Å². The third kappa shape index (κ3) is 6.38. The van der Waals surface area contributed by atoms with Gasteiger partial charge in [0.1, 0.15) is 0 Å². The molecule has 8 nitrogen and oxygen atoms in total. The van der Waals surface area contributed by atoms with Gasteiger partial charge in [0.25, 0.3) is 0 Å². The molecule has 0 radical (unpaired) electrons. The molecule has 1 aliphatic heterocycles. The molecular formula is C24H34N4O4. The average molecular weight is 443 g/mol. The van der Waals surface area contributed by atoms with Crippen LogP contribution in [0.15, 0.2) is 22.7 Å². The first-order valence-electron chi connectivity index (χ1n) is 11.2. The Kier molecular flexibility index (Phi) is 7.66. The molecule has 0 aliphatic carbocycles. The first-order valence-corrected chi connectivity index (χ1v) is 11.2. The smallest absolute Gasteiger partial charge is 0.244 e. The van der Waals surface area contributed by atoms with Crippen molar-refractivity contribution in [2.75, 3.05) is 25.0 Å². The second kappa shape index (κ2) is 10.3. The van der Waals surface area contributed by atoms with Crippen molar-refractivity contribution in [3.63, 3.8) is 0 Å². The zero-order valence-electron chi connectivity index (χ0n) is 19.7. The highest BCUT2D eigenvalue weighted by molar-refractivity contribution is 5.95. The zero-order valence-corrected chi connectivity index (χ0v) is 19.7. The normalized spacial score (nSPS) is 16.2. The van der Waals surface area contributed by atoms with E-state index in [0.717, 1.165) is 29.7 Å². The van der Waals surface area contributed by atoms with Gasteiger partial charge in [-0.3, -0.25) is 9.59 Å². The zero-order chi connectivity index (χ0) is 23.3. The highest BCUT2D eigenvalue weighted by Gasteiger charge is 2.26. The Balaban J connectivity index is 1.63. The molecular weight excluding hydrogens is 408 g/mol. The van der Waals surface area contributed by atoms with Crippen LogP contribution in [0.2, 0.25) is 0 Å².